The second-order valence-corrected chi connectivity index (χ2v) is 7.27. The van der Waals surface area contributed by atoms with Crippen molar-refractivity contribution >= 4 is 33.1 Å². The predicted molar refractivity (Wildman–Crippen MR) is 84.2 cm³/mol. The Morgan fingerprint density at radius 3 is 2.90 bits per heavy atom. The molecule has 1 fully saturated rings. The lowest BCUT2D eigenvalue weighted by Crippen LogP contribution is -2.38. The molecule has 0 atom stereocenters. The van der Waals surface area contributed by atoms with Crippen LogP contribution in [0.2, 0.25) is 0 Å². The van der Waals surface area contributed by atoms with E-state index in [0.717, 1.165) is 0 Å². The van der Waals surface area contributed by atoms with E-state index in [4.69, 9.17) is 18.0 Å². The molecule has 1 heterocycles. The van der Waals surface area contributed by atoms with Gasteiger partial charge in [0.2, 0.25) is 15.9 Å². The summed E-state index contributed by atoms with van der Waals surface area (Å²) in [6, 6.07) is 6.82. The zero-order valence-electron chi connectivity index (χ0n) is 11.4. The highest BCUT2D eigenvalue weighted by Gasteiger charge is 2.26. The number of amides is 1. The second kappa shape index (κ2) is 6.50. The fraction of sp³-hybridized carbons (Fsp3) is 0.385. The number of carbonyl (C=O) groups excluding carboxylic acids is 1. The van der Waals surface area contributed by atoms with Gasteiger partial charge in [0, 0.05) is 18.7 Å². The Hall–Kier alpha value is -1.51. The first-order chi connectivity index (χ1) is 9.88. The predicted octanol–water partition coefficient (Wildman–Crippen LogP) is -0.0275. The molecule has 114 valence electrons. The SMILES string of the molecule is NC(=S)c1cccc(CS(=O)(=O)N2CCCNC(=O)C2)c1. The van der Waals surface area contributed by atoms with Crippen LogP contribution in [0, 0.1) is 0 Å². The number of carbonyl (C=O) groups is 1. The zero-order chi connectivity index (χ0) is 15.5. The third-order valence-corrected chi connectivity index (χ3v) is 5.21. The quantitative estimate of drug-likeness (QED) is 0.758. The van der Waals surface area contributed by atoms with Gasteiger partial charge in [0.25, 0.3) is 0 Å². The van der Waals surface area contributed by atoms with Gasteiger partial charge in [0.1, 0.15) is 4.99 Å². The first-order valence-electron chi connectivity index (χ1n) is 6.52. The average Bonchev–Trinajstić information content (AvgIpc) is 2.63. The topological polar surface area (TPSA) is 92.5 Å². The number of hydrogen-bond acceptors (Lipinski definition) is 4. The van der Waals surface area contributed by atoms with Crippen LogP contribution in [0.5, 0.6) is 0 Å². The molecule has 0 bridgehead atoms. The van der Waals surface area contributed by atoms with Crippen molar-refractivity contribution in [2.45, 2.75) is 12.2 Å². The number of nitrogens with two attached hydrogens (primary N) is 1. The number of rotatable bonds is 4. The molecule has 0 unspecified atom stereocenters. The molecular formula is C13H17N3O3S2. The summed E-state index contributed by atoms with van der Waals surface area (Å²) in [6.07, 6.45) is 0.609. The first-order valence-corrected chi connectivity index (χ1v) is 8.53. The van der Waals surface area contributed by atoms with Crippen molar-refractivity contribution in [1.82, 2.24) is 9.62 Å². The Labute approximate surface area is 129 Å². The van der Waals surface area contributed by atoms with Gasteiger partial charge in [0.05, 0.1) is 12.3 Å². The maximum atomic E-state index is 12.4. The van der Waals surface area contributed by atoms with Gasteiger partial charge in [-0.1, -0.05) is 30.4 Å². The van der Waals surface area contributed by atoms with Crippen molar-refractivity contribution in [3.8, 4) is 0 Å². The Morgan fingerprint density at radius 1 is 1.43 bits per heavy atom. The number of thiocarbonyl (C=S) groups is 1. The van der Waals surface area contributed by atoms with Crippen molar-refractivity contribution < 1.29 is 13.2 Å². The summed E-state index contributed by atoms with van der Waals surface area (Å²) < 4.78 is 26.1. The van der Waals surface area contributed by atoms with Crippen LogP contribution in [0.4, 0.5) is 0 Å². The van der Waals surface area contributed by atoms with Gasteiger partial charge in [-0.05, 0) is 18.1 Å². The Morgan fingerprint density at radius 2 is 2.19 bits per heavy atom. The first kappa shape index (κ1) is 15.9. The maximum absolute atomic E-state index is 12.4. The van der Waals surface area contributed by atoms with Crippen LogP contribution in [0.15, 0.2) is 24.3 Å². The molecule has 3 N–H and O–H groups in total. The van der Waals surface area contributed by atoms with Crippen LogP contribution >= 0.6 is 12.2 Å². The number of benzene rings is 1. The molecule has 21 heavy (non-hydrogen) atoms. The van der Waals surface area contributed by atoms with Gasteiger partial charge in [-0.2, -0.15) is 4.31 Å². The average molecular weight is 327 g/mol. The lowest BCUT2D eigenvalue weighted by molar-refractivity contribution is -0.120. The highest BCUT2D eigenvalue weighted by atomic mass is 32.2. The number of nitrogens with zero attached hydrogens (tertiary/aromatic N) is 1. The Bertz CT molecular complexity index is 658. The molecule has 2 rings (SSSR count). The minimum Gasteiger partial charge on any atom is -0.389 e. The summed E-state index contributed by atoms with van der Waals surface area (Å²) in [6.45, 7) is 0.717. The van der Waals surface area contributed by atoms with Crippen LogP contribution in [0.3, 0.4) is 0 Å². The molecule has 1 saturated heterocycles. The lowest BCUT2D eigenvalue weighted by atomic mass is 10.1. The molecule has 8 heteroatoms. The van der Waals surface area contributed by atoms with Gasteiger partial charge in [0.15, 0.2) is 0 Å². The Kier molecular flexibility index (Phi) is 4.92. The number of sulfonamides is 1. The molecule has 0 radical (unpaired) electrons. The molecule has 1 amide bonds. The summed E-state index contributed by atoms with van der Waals surface area (Å²) >= 11 is 4.89. The molecule has 1 aromatic carbocycles. The summed E-state index contributed by atoms with van der Waals surface area (Å²) in [4.78, 5) is 11.7. The highest BCUT2D eigenvalue weighted by Crippen LogP contribution is 2.14. The van der Waals surface area contributed by atoms with Crippen LogP contribution < -0.4 is 11.1 Å². The van der Waals surface area contributed by atoms with Crippen molar-refractivity contribution in [3.05, 3.63) is 35.4 Å². The molecule has 1 aliphatic rings. The van der Waals surface area contributed by atoms with Crippen molar-refractivity contribution in [2.24, 2.45) is 5.73 Å². The molecule has 0 aromatic heterocycles. The van der Waals surface area contributed by atoms with Crippen molar-refractivity contribution in [3.63, 3.8) is 0 Å². The minimum atomic E-state index is -3.55. The van der Waals surface area contributed by atoms with E-state index in [2.05, 4.69) is 5.32 Å². The second-order valence-electron chi connectivity index (χ2n) is 4.86. The fourth-order valence-corrected chi connectivity index (χ4v) is 3.76. The molecule has 1 aromatic rings. The fourth-order valence-electron chi connectivity index (χ4n) is 2.13. The van der Waals surface area contributed by atoms with Crippen molar-refractivity contribution in [2.75, 3.05) is 19.6 Å². The number of hydrogen-bond donors (Lipinski definition) is 2. The van der Waals surface area contributed by atoms with Gasteiger partial charge in [-0.25, -0.2) is 8.42 Å². The van der Waals surface area contributed by atoms with E-state index in [0.29, 0.717) is 30.6 Å². The zero-order valence-corrected chi connectivity index (χ0v) is 13.0. The van der Waals surface area contributed by atoms with Crippen molar-refractivity contribution in [1.29, 1.82) is 0 Å². The van der Waals surface area contributed by atoms with E-state index in [1.54, 1.807) is 24.3 Å². The van der Waals surface area contributed by atoms with E-state index in [1.165, 1.54) is 4.31 Å². The largest absolute Gasteiger partial charge is 0.389 e. The maximum Gasteiger partial charge on any atom is 0.235 e. The van der Waals surface area contributed by atoms with Gasteiger partial charge >= 0.3 is 0 Å². The minimum absolute atomic E-state index is 0.128. The molecule has 0 aliphatic carbocycles. The van der Waals surface area contributed by atoms with E-state index < -0.39 is 10.0 Å². The summed E-state index contributed by atoms with van der Waals surface area (Å²) in [5.74, 6) is -0.440. The van der Waals surface area contributed by atoms with E-state index in [9.17, 15) is 13.2 Å². The van der Waals surface area contributed by atoms with Crippen LogP contribution in [0.25, 0.3) is 0 Å². The van der Waals surface area contributed by atoms with Gasteiger partial charge < -0.3 is 11.1 Å². The number of nitrogens with one attached hydrogen (secondary N) is 1. The monoisotopic (exact) mass is 327 g/mol. The smallest absolute Gasteiger partial charge is 0.235 e. The normalized spacial score (nSPS) is 17.0. The summed E-state index contributed by atoms with van der Waals surface area (Å²) in [5, 5.41) is 2.66. The van der Waals surface area contributed by atoms with E-state index in [-0.39, 0.29) is 23.2 Å². The van der Waals surface area contributed by atoms with Crippen LogP contribution in [-0.4, -0.2) is 43.3 Å². The standard InChI is InChI=1S/C13H17N3O3S2/c14-13(20)11-4-1-3-10(7-11)9-21(18,19)16-6-2-5-15-12(17)8-16/h1,3-4,7H,2,5-6,8-9H2,(H2,14,20)(H,15,17). The van der Waals surface area contributed by atoms with Crippen LogP contribution in [-0.2, 0) is 20.6 Å². The highest BCUT2D eigenvalue weighted by molar-refractivity contribution is 7.88. The lowest BCUT2D eigenvalue weighted by Gasteiger charge is -2.18. The van der Waals surface area contributed by atoms with Gasteiger partial charge in [-0.15, -0.1) is 0 Å². The van der Waals surface area contributed by atoms with Gasteiger partial charge in [-0.3, -0.25) is 4.79 Å². The third-order valence-electron chi connectivity index (χ3n) is 3.18. The third kappa shape index (κ3) is 4.23. The van der Waals surface area contributed by atoms with E-state index in [1.807, 2.05) is 0 Å². The molecule has 0 spiro atoms. The van der Waals surface area contributed by atoms with Crippen LogP contribution in [0.1, 0.15) is 17.5 Å². The molecular weight excluding hydrogens is 310 g/mol. The Balaban J connectivity index is 2.18. The summed E-state index contributed by atoms with van der Waals surface area (Å²) in [7, 11) is -3.55. The van der Waals surface area contributed by atoms with E-state index >= 15 is 0 Å². The summed E-state index contributed by atoms with van der Waals surface area (Å²) in [5.41, 5.74) is 6.78. The molecule has 0 saturated carbocycles. The molecule has 6 nitrogen and oxygen atoms in total. The molecule has 1 aliphatic heterocycles.